The van der Waals surface area contributed by atoms with Crippen molar-refractivity contribution in [3.8, 4) is 0 Å². The average molecular weight is 429 g/mol. The molecule has 0 bridgehead atoms. The highest BCUT2D eigenvalue weighted by molar-refractivity contribution is 5.76. The van der Waals surface area contributed by atoms with Gasteiger partial charge in [0.1, 0.15) is 12.2 Å². The molecule has 3 rings (SSSR count). The zero-order valence-electron chi connectivity index (χ0n) is 16.0. The molecule has 0 saturated carbocycles. The second kappa shape index (κ2) is 8.78. The first-order chi connectivity index (χ1) is 14.2. The number of hydrogen-bond acceptors (Lipinski definition) is 5. The maximum absolute atomic E-state index is 13.8. The molecule has 1 saturated heterocycles. The molecule has 0 atom stereocenters. The number of rotatable bonds is 6. The van der Waals surface area contributed by atoms with Crippen molar-refractivity contribution < 1.29 is 27.3 Å². The molecule has 2 aromatic rings. The first-order valence-corrected chi connectivity index (χ1v) is 9.12. The molecule has 1 aliphatic heterocycles. The van der Waals surface area contributed by atoms with Crippen LogP contribution >= 0.6 is 0 Å². The van der Waals surface area contributed by atoms with Crippen LogP contribution in [-0.4, -0.2) is 56.6 Å². The van der Waals surface area contributed by atoms with Gasteiger partial charge in [0.15, 0.2) is 11.6 Å². The highest BCUT2D eigenvalue weighted by Crippen LogP contribution is 2.30. The molecule has 162 valence electrons. The molecular formula is C18H19F4N5O3. The molecule has 0 aliphatic carbocycles. The number of halogens is 4. The minimum absolute atomic E-state index is 0.121. The Morgan fingerprint density at radius 3 is 2.47 bits per heavy atom. The summed E-state index contributed by atoms with van der Waals surface area (Å²) in [4.78, 5) is 26.0. The number of nitrogens with zero attached hydrogens (tertiary/aromatic N) is 5. The van der Waals surface area contributed by atoms with Gasteiger partial charge in [-0.2, -0.15) is 5.10 Å². The maximum Gasteiger partial charge on any atom is 0.319 e. The third-order valence-corrected chi connectivity index (χ3v) is 5.03. The van der Waals surface area contributed by atoms with Crippen LogP contribution in [0.25, 0.3) is 0 Å². The third kappa shape index (κ3) is 4.42. The Morgan fingerprint density at radius 2 is 1.90 bits per heavy atom. The van der Waals surface area contributed by atoms with E-state index in [1.54, 1.807) is 0 Å². The second-order valence-corrected chi connectivity index (χ2v) is 6.90. The quantitative estimate of drug-likeness (QED) is 0.401. The minimum atomic E-state index is -3.13. The van der Waals surface area contributed by atoms with E-state index in [2.05, 4.69) is 5.10 Å². The fourth-order valence-corrected chi connectivity index (χ4v) is 3.38. The van der Waals surface area contributed by atoms with Gasteiger partial charge in [-0.15, -0.1) is 0 Å². The molecule has 1 aromatic heterocycles. The van der Waals surface area contributed by atoms with E-state index in [0.29, 0.717) is 26.2 Å². The lowest BCUT2D eigenvalue weighted by Crippen LogP contribution is -2.49. The van der Waals surface area contributed by atoms with Crippen molar-refractivity contribution in [2.45, 2.75) is 26.4 Å². The van der Waals surface area contributed by atoms with E-state index in [-0.39, 0.29) is 17.8 Å². The summed E-state index contributed by atoms with van der Waals surface area (Å²) in [6.45, 7) is 2.44. The lowest BCUT2D eigenvalue weighted by atomic mass is 10.1. The molecule has 0 unspecified atom stereocenters. The summed E-state index contributed by atoms with van der Waals surface area (Å²) in [5, 5.41) is 14.6. The lowest BCUT2D eigenvalue weighted by Gasteiger charge is -2.34. The van der Waals surface area contributed by atoms with Crippen LogP contribution in [-0.2, 0) is 17.9 Å². The van der Waals surface area contributed by atoms with Gasteiger partial charge in [-0.3, -0.25) is 24.5 Å². The van der Waals surface area contributed by atoms with Gasteiger partial charge in [0.25, 0.3) is 6.43 Å². The monoisotopic (exact) mass is 429 g/mol. The predicted octanol–water partition coefficient (Wildman–Crippen LogP) is 2.66. The van der Waals surface area contributed by atoms with Gasteiger partial charge in [0.2, 0.25) is 11.6 Å². The number of carbonyl (C=O) groups excluding carboxylic acids is 1. The van der Waals surface area contributed by atoms with Crippen LogP contribution in [0.1, 0.15) is 23.4 Å². The third-order valence-electron chi connectivity index (χ3n) is 5.03. The van der Waals surface area contributed by atoms with Crippen molar-refractivity contribution in [2.75, 3.05) is 26.2 Å². The molecular weight excluding hydrogens is 410 g/mol. The Bertz CT molecular complexity index is 958. The zero-order chi connectivity index (χ0) is 22.0. The van der Waals surface area contributed by atoms with Crippen molar-refractivity contribution in [3.05, 3.63) is 56.9 Å². The van der Waals surface area contributed by atoms with Gasteiger partial charge >= 0.3 is 5.69 Å². The van der Waals surface area contributed by atoms with Crippen LogP contribution in [0.2, 0.25) is 0 Å². The van der Waals surface area contributed by atoms with Gasteiger partial charge in [0.05, 0.1) is 4.92 Å². The molecule has 1 aromatic carbocycles. The minimum Gasteiger partial charge on any atom is -0.339 e. The molecule has 1 fully saturated rings. The SMILES string of the molecule is Cc1c([N+](=O)[O-])c(C(F)F)nn1CC(=O)N1CCN(Cc2cccc(F)c2F)CC1. The predicted molar refractivity (Wildman–Crippen MR) is 96.8 cm³/mol. The molecule has 30 heavy (non-hydrogen) atoms. The van der Waals surface area contributed by atoms with E-state index in [9.17, 15) is 32.5 Å². The van der Waals surface area contributed by atoms with E-state index in [0.717, 1.165) is 10.7 Å². The number of benzene rings is 1. The van der Waals surface area contributed by atoms with Crippen LogP contribution < -0.4 is 0 Å². The molecule has 0 spiro atoms. The Kier molecular flexibility index (Phi) is 6.34. The number of hydrogen-bond donors (Lipinski definition) is 0. The largest absolute Gasteiger partial charge is 0.339 e. The number of amides is 1. The van der Waals surface area contributed by atoms with Gasteiger partial charge in [-0.1, -0.05) is 12.1 Å². The molecule has 8 nitrogen and oxygen atoms in total. The zero-order valence-corrected chi connectivity index (χ0v) is 16.0. The molecule has 0 N–H and O–H groups in total. The summed E-state index contributed by atoms with van der Waals surface area (Å²) < 4.78 is 54.1. The van der Waals surface area contributed by atoms with Gasteiger partial charge in [-0.05, 0) is 13.0 Å². The van der Waals surface area contributed by atoms with Crippen molar-refractivity contribution in [3.63, 3.8) is 0 Å². The Balaban J connectivity index is 1.61. The number of piperazine rings is 1. The van der Waals surface area contributed by atoms with Gasteiger partial charge < -0.3 is 4.90 Å². The number of alkyl halides is 2. The van der Waals surface area contributed by atoms with E-state index in [4.69, 9.17) is 0 Å². The topological polar surface area (TPSA) is 84.5 Å². The molecule has 12 heteroatoms. The first kappa shape index (κ1) is 21.7. The van der Waals surface area contributed by atoms with E-state index < -0.39 is 46.8 Å². The van der Waals surface area contributed by atoms with Gasteiger partial charge in [-0.25, -0.2) is 17.6 Å². The summed E-state index contributed by atoms with van der Waals surface area (Å²) in [7, 11) is 0. The summed E-state index contributed by atoms with van der Waals surface area (Å²) in [6, 6.07) is 3.95. The van der Waals surface area contributed by atoms with Crippen LogP contribution in [0.5, 0.6) is 0 Å². The summed E-state index contributed by atoms with van der Waals surface area (Å²) in [5.41, 5.74) is -1.66. The summed E-state index contributed by atoms with van der Waals surface area (Å²) in [5.74, 6) is -2.25. The molecule has 0 radical (unpaired) electrons. The Hall–Kier alpha value is -3.02. The van der Waals surface area contributed by atoms with Crippen LogP contribution in [0.3, 0.4) is 0 Å². The van der Waals surface area contributed by atoms with Crippen LogP contribution in [0.15, 0.2) is 18.2 Å². The number of nitro groups is 1. The van der Waals surface area contributed by atoms with Crippen LogP contribution in [0, 0.1) is 28.7 Å². The summed E-state index contributed by atoms with van der Waals surface area (Å²) >= 11 is 0. The maximum atomic E-state index is 13.8. The Morgan fingerprint density at radius 1 is 1.23 bits per heavy atom. The van der Waals surface area contributed by atoms with Crippen molar-refractivity contribution in [1.82, 2.24) is 19.6 Å². The second-order valence-electron chi connectivity index (χ2n) is 6.90. The first-order valence-electron chi connectivity index (χ1n) is 9.12. The molecule has 2 heterocycles. The van der Waals surface area contributed by atoms with Crippen molar-refractivity contribution in [1.29, 1.82) is 0 Å². The fourth-order valence-electron chi connectivity index (χ4n) is 3.38. The number of carbonyl (C=O) groups is 1. The Labute approximate surface area is 168 Å². The highest BCUT2D eigenvalue weighted by Gasteiger charge is 2.32. The van der Waals surface area contributed by atoms with E-state index in [1.807, 2.05) is 4.90 Å². The fraction of sp³-hybridized carbons (Fsp3) is 0.444. The standard InChI is InChI=1S/C18H19F4N5O3/c1-11-17(27(29)30)16(18(21)22)23-26(11)10-14(28)25-7-5-24(6-8-25)9-12-3-2-4-13(19)15(12)20/h2-4,18H,5-10H2,1H3. The van der Waals surface area contributed by atoms with Crippen molar-refractivity contribution >= 4 is 11.6 Å². The van der Waals surface area contributed by atoms with E-state index >= 15 is 0 Å². The number of aromatic nitrogens is 2. The average Bonchev–Trinajstić information content (AvgIpc) is 3.03. The summed E-state index contributed by atoms with van der Waals surface area (Å²) in [6.07, 6.45) is -3.13. The van der Waals surface area contributed by atoms with E-state index in [1.165, 1.54) is 24.0 Å². The van der Waals surface area contributed by atoms with Crippen molar-refractivity contribution in [2.24, 2.45) is 0 Å². The van der Waals surface area contributed by atoms with Gasteiger partial charge in [0, 0.05) is 38.3 Å². The molecule has 1 amide bonds. The molecule has 1 aliphatic rings. The van der Waals surface area contributed by atoms with Crippen LogP contribution in [0.4, 0.5) is 23.2 Å². The normalized spacial score (nSPS) is 15.1. The smallest absolute Gasteiger partial charge is 0.319 e. The lowest BCUT2D eigenvalue weighted by molar-refractivity contribution is -0.386. The highest BCUT2D eigenvalue weighted by atomic mass is 19.3.